The van der Waals surface area contributed by atoms with E-state index in [-0.39, 0.29) is 29.4 Å². The number of Topliss-reactive ketones (excluding diaryl/α,β-unsaturated/α-hetero) is 1. The standard InChI is InChI=1S/C22H26N2O3S/c1-15(2)19(23-21(26)18-9-6-14-28-18)22(27)24-12-10-17(11-13-24)20(25)16-7-4-3-5-8-16/h3-9,14-15,17,19H,10-13H2,1-2H3,(H,23,26). The molecule has 2 heterocycles. The Kier molecular flexibility index (Phi) is 6.62. The average Bonchev–Trinajstić information content (AvgIpc) is 3.26. The molecular weight excluding hydrogens is 372 g/mol. The molecule has 1 aromatic heterocycles. The molecule has 1 fully saturated rings. The van der Waals surface area contributed by atoms with E-state index in [0.29, 0.717) is 30.8 Å². The largest absolute Gasteiger partial charge is 0.341 e. The summed E-state index contributed by atoms with van der Waals surface area (Å²) in [6.45, 7) is 4.95. The molecule has 1 saturated heterocycles. The Labute approximate surface area is 169 Å². The number of benzene rings is 1. The normalized spacial score (nSPS) is 16.0. The molecule has 148 valence electrons. The summed E-state index contributed by atoms with van der Waals surface area (Å²) < 4.78 is 0. The van der Waals surface area contributed by atoms with E-state index in [0.717, 1.165) is 5.56 Å². The van der Waals surface area contributed by atoms with Crippen LogP contribution in [0.15, 0.2) is 47.8 Å². The van der Waals surface area contributed by atoms with E-state index in [1.165, 1.54) is 11.3 Å². The Morgan fingerprint density at radius 3 is 2.29 bits per heavy atom. The van der Waals surface area contributed by atoms with Crippen LogP contribution in [-0.4, -0.2) is 41.6 Å². The fraction of sp³-hybridized carbons (Fsp3) is 0.409. The number of hydrogen-bond donors (Lipinski definition) is 1. The smallest absolute Gasteiger partial charge is 0.262 e. The first kappa shape index (κ1) is 20.3. The number of rotatable bonds is 6. The lowest BCUT2D eigenvalue weighted by molar-refractivity contribution is -0.135. The van der Waals surface area contributed by atoms with Crippen molar-refractivity contribution in [1.82, 2.24) is 10.2 Å². The van der Waals surface area contributed by atoms with E-state index >= 15 is 0 Å². The molecule has 0 spiro atoms. The van der Waals surface area contributed by atoms with Gasteiger partial charge in [0.1, 0.15) is 6.04 Å². The van der Waals surface area contributed by atoms with Crippen molar-refractivity contribution in [2.75, 3.05) is 13.1 Å². The Hall–Kier alpha value is -2.47. The number of piperidine rings is 1. The van der Waals surface area contributed by atoms with Crippen LogP contribution in [0.2, 0.25) is 0 Å². The number of carbonyl (C=O) groups excluding carboxylic acids is 3. The number of nitrogens with zero attached hydrogens (tertiary/aromatic N) is 1. The summed E-state index contributed by atoms with van der Waals surface area (Å²) in [7, 11) is 0. The van der Waals surface area contributed by atoms with Gasteiger partial charge in [-0.05, 0) is 30.2 Å². The summed E-state index contributed by atoms with van der Waals surface area (Å²) in [6, 6.07) is 12.3. The van der Waals surface area contributed by atoms with Crippen LogP contribution in [0.1, 0.15) is 46.7 Å². The molecule has 5 nitrogen and oxygen atoms in total. The topological polar surface area (TPSA) is 66.5 Å². The SMILES string of the molecule is CC(C)C(NC(=O)c1cccs1)C(=O)N1CCC(C(=O)c2ccccc2)CC1. The van der Waals surface area contributed by atoms with E-state index in [1.807, 2.05) is 55.6 Å². The molecule has 28 heavy (non-hydrogen) atoms. The maximum absolute atomic E-state index is 13.0. The van der Waals surface area contributed by atoms with Gasteiger partial charge in [0.05, 0.1) is 4.88 Å². The summed E-state index contributed by atoms with van der Waals surface area (Å²) in [6.07, 6.45) is 1.31. The van der Waals surface area contributed by atoms with Crippen LogP contribution in [0, 0.1) is 11.8 Å². The van der Waals surface area contributed by atoms with Gasteiger partial charge in [-0.25, -0.2) is 0 Å². The molecule has 6 heteroatoms. The first-order valence-electron chi connectivity index (χ1n) is 9.69. The van der Waals surface area contributed by atoms with Crippen LogP contribution in [0.4, 0.5) is 0 Å². The van der Waals surface area contributed by atoms with E-state index in [1.54, 1.807) is 11.0 Å². The summed E-state index contributed by atoms with van der Waals surface area (Å²) in [5.41, 5.74) is 0.732. The van der Waals surface area contributed by atoms with Crippen molar-refractivity contribution < 1.29 is 14.4 Å². The highest BCUT2D eigenvalue weighted by Crippen LogP contribution is 2.23. The predicted molar refractivity (Wildman–Crippen MR) is 110 cm³/mol. The minimum Gasteiger partial charge on any atom is -0.341 e. The molecule has 1 N–H and O–H groups in total. The molecule has 1 aromatic carbocycles. The van der Waals surface area contributed by atoms with Gasteiger partial charge in [0, 0.05) is 24.6 Å². The Morgan fingerprint density at radius 1 is 1.04 bits per heavy atom. The minimum absolute atomic E-state index is 0.0138. The predicted octanol–water partition coefficient (Wildman–Crippen LogP) is 3.62. The second kappa shape index (κ2) is 9.15. The second-order valence-electron chi connectivity index (χ2n) is 7.50. The molecule has 0 radical (unpaired) electrons. The number of likely N-dealkylation sites (tertiary alicyclic amines) is 1. The number of thiophene rings is 1. The van der Waals surface area contributed by atoms with Crippen molar-refractivity contribution in [2.45, 2.75) is 32.7 Å². The van der Waals surface area contributed by atoms with Crippen molar-refractivity contribution in [3.63, 3.8) is 0 Å². The van der Waals surface area contributed by atoms with Crippen LogP contribution in [-0.2, 0) is 4.79 Å². The van der Waals surface area contributed by atoms with Crippen molar-refractivity contribution in [2.24, 2.45) is 11.8 Å². The quantitative estimate of drug-likeness (QED) is 0.756. The lowest BCUT2D eigenvalue weighted by Crippen LogP contribution is -2.53. The number of ketones is 1. The zero-order chi connectivity index (χ0) is 20.1. The van der Waals surface area contributed by atoms with Crippen LogP contribution in [0.25, 0.3) is 0 Å². The third-order valence-electron chi connectivity index (χ3n) is 5.20. The summed E-state index contributed by atoms with van der Waals surface area (Å²) in [5, 5.41) is 4.73. The molecule has 3 rings (SSSR count). The second-order valence-corrected chi connectivity index (χ2v) is 8.45. The number of carbonyl (C=O) groups is 3. The van der Waals surface area contributed by atoms with Crippen LogP contribution in [0.3, 0.4) is 0 Å². The summed E-state index contributed by atoms with van der Waals surface area (Å²) in [5.74, 6) is -0.189. The van der Waals surface area contributed by atoms with Crippen molar-refractivity contribution in [3.05, 3.63) is 58.3 Å². The molecule has 0 saturated carbocycles. The Bertz CT molecular complexity index is 810. The van der Waals surface area contributed by atoms with Gasteiger partial charge in [-0.15, -0.1) is 11.3 Å². The number of amides is 2. The highest BCUT2D eigenvalue weighted by atomic mass is 32.1. The molecule has 0 bridgehead atoms. The molecule has 2 amide bonds. The molecule has 1 aliphatic heterocycles. The Balaban J connectivity index is 1.59. The van der Waals surface area contributed by atoms with Gasteiger partial charge in [0.15, 0.2) is 5.78 Å². The van der Waals surface area contributed by atoms with Crippen LogP contribution < -0.4 is 5.32 Å². The van der Waals surface area contributed by atoms with Crippen molar-refractivity contribution >= 4 is 28.9 Å². The van der Waals surface area contributed by atoms with Gasteiger partial charge >= 0.3 is 0 Å². The first-order valence-corrected chi connectivity index (χ1v) is 10.6. The van der Waals surface area contributed by atoms with Gasteiger partial charge in [0.2, 0.25) is 5.91 Å². The van der Waals surface area contributed by atoms with Gasteiger partial charge in [-0.2, -0.15) is 0 Å². The highest BCUT2D eigenvalue weighted by molar-refractivity contribution is 7.12. The van der Waals surface area contributed by atoms with E-state index in [9.17, 15) is 14.4 Å². The molecule has 2 aromatic rings. The van der Waals surface area contributed by atoms with Crippen molar-refractivity contribution in [3.8, 4) is 0 Å². The first-order chi connectivity index (χ1) is 13.5. The maximum Gasteiger partial charge on any atom is 0.262 e. The molecule has 0 aliphatic carbocycles. The van der Waals surface area contributed by atoms with Crippen LogP contribution >= 0.6 is 11.3 Å². The van der Waals surface area contributed by atoms with E-state index in [4.69, 9.17) is 0 Å². The number of hydrogen-bond acceptors (Lipinski definition) is 4. The van der Waals surface area contributed by atoms with Gasteiger partial charge in [-0.1, -0.05) is 50.2 Å². The Morgan fingerprint density at radius 2 is 1.71 bits per heavy atom. The van der Waals surface area contributed by atoms with Crippen LogP contribution in [0.5, 0.6) is 0 Å². The minimum atomic E-state index is -0.559. The number of nitrogens with one attached hydrogen (secondary N) is 1. The zero-order valence-electron chi connectivity index (χ0n) is 16.3. The molecule has 1 aliphatic rings. The molecule has 1 atom stereocenters. The third-order valence-corrected chi connectivity index (χ3v) is 6.07. The van der Waals surface area contributed by atoms with Gasteiger partial charge < -0.3 is 10.2 Å². The fourth-order valence-electron chi connectivity index (χ4n) is 3.53. The maximum atomic E-state index is 13.0. The lowest BCUT2D eigenvalue weighted by atomic mass is 9.88. The van der Waals surface area contributed by atoms with E-state index < -0.39 is 6.04 Å². The molecular formula is C22H26N2O3S. The molecule has 1 unspecified atom stereocenters. The highest BCUT2D eigenvalue weighted by Gasteiger charge is 2.33. The fourth-order valence-corrected chi connectivity index (χ4v) is 4.16. The van der Waals surface area contributed by atoms with Gasteiger partial charge in [0.25, 0.3) is 5.91 Å². The lowest BCUT2D eigenvalue weighted by Gasteiger charge is -2.35. The summed E-state index contributed by atoms with van der Waals surface area (Å²) in [4.78, 5) is 40.4. The third kappa shape index (κ3) is 4.68. The van der Waals surface area contributed by atoms with E-state index in [2.05, 4.69) is 5.32 Å². The summed E-state index contributed by atoms with van der Waals surface area (Å²) >= 11 is 1.36. The monoisotopic (exact) mass is 398 g/mol. The van der Waals surface area contributed by atoms with Gasteiger partial charge in [-0.3, -0.25) is 14.4 Å². The zero-order valence-corrected chi connectivity index (χ0v) is 17.1. The average molecular weight is 399 g/mol. The van der Waals surface area contributed by atoms with Crippen molar-refractivity contribution in [1.29, 1.82) is 0 Å².